The predicted molar refractivity (Wildman–Crippen MR) is 64.1 cm³/mol. The van der Waals surface area contributed by atoms with Crippen LogP contribution in [0.4, 0.5) is 5.82 Å². The summed E-state index contributed by atoms with van der Waals surface area (Å²) in [6, 6.07) is 0. The van der Waals surface area contributed by atoms with Crippen molar-refractivity contribution in [3.05, 3.63) is 11.5 Å². The average molecular weight is 254 g/mol. The Labute approximate surface area is 103 Å². The Bertz CT molecular complexity index is 542. The summed E-state index contributed by atoms with van der Waals surface area (Å²) < 4.78 is 0. The molecule has 0 spiro atoms. The van der Waals surface area contributed by atoms with Crippen LogP contribution in [-0.4, -0.2) is 44.5 Å². The molecule has 2 N–H and O–H groups in total. The molecule has 1 saturated heterocycles. The molecule has 1 aliphatic heterocycles. The highest BCUT2D eigenvalue weighted by atomic mass is 35.5. The number of β-amino-alcohol motifs (C(OH)–C–C–N with tert-alkyl or cyclic N) is 1. The van der Waals surface area contributed by atoms with Gasteiger partial charge in [0.1, 0.15) is 5.82 Å². The molecular weight excluding hydrogens is 242 g/mol. The number of piperidine rings is 1. The molecule has 90 valence electrons. The Morgan fingerprint density at radius 1 is 1.47 bits per heavy atom. The minimum Gasteiger partial charge on any atom is -0.391 e. The number of aromatic amines is 1. The van der Waals surface area contributed by atoms with Crippen LogP contribution >= 0.6 is 11.6 Å². The number of aliphatic hydroxyl groups excluding tert-OH is 1. The van der Waals surface area contributed by atoms with Crippen molar-refractivity contribution in [1.29, 1.82) is 0 Å². The summed E-state index contributed by atoms with van der Waals surface area (Å²) in [4.78, 5) is 10.3. The summed E-state index contributed by atoms with van der Waals surface area (Å²) in [5.74, 6) is 0.743. The monoisotopic (exact) mass is 253 g/mol. The smallest absolute Gasteiger partial charge is 0.226 e. The Morgan fingerprint density at radius 2 is 2.35 bits per heavy atom. The van der Waals surface area contributed by atoms with Crippen LogP contribution in [0, 0.1) is 0 Å². The number of aromatic nitrogens is 4. The van der Waals surface area contributed by atoms with E-state index in [9.17, 15) is 5.11 Å². The summed E-state index contributed by atoms with van der Waals surface area (Å²) in [6.07, 6.45) is 3.16. The first-order valence-electron chi connectivity index (χ1n) is 5.53. The molecule has 3 rings (SSSR count). The Balaban J connectivity index is 2.06. The number of hydrogen-bond donors (Lipinski definition) is 2. The van der Waals surface area contributed by atoms with Gasteiger partial charge >= 0.3 is 0 Å². The zero-order chi connectivity index (χ0) is 11.8. The summed E-state index contributed by atoms with van der Waals surface area (Å²) in [6.45, 7) is 1.44. The summed E-state index contributed by atoms with van der Waals surface area (Å²) in [5, 5.41) is 17.4. The third-order valence-electron chi connectivity index (χ3n) is 2.96. The molecule has 17 heavy (non-hydrogen) atoms. The quantitative estimate of drug-likeness (QED) is 0.741. The lowest BCUT2D eigenvalue weighted by Crippen LogP contribution is -2.38. The van der Waals surface area contributed by atoms with E-state index in [-0.39, 0.29) is 11.4 Å². The third-order valence-corrected chi connectivity index (χ3v) is 3.13. The van der Waals surface area contributed by atoms with E-state index in [1.165, 1.54) is 0 Å². The fraction of sp³-hybridized carbons (Fsp3) is 0.500. The molecule has 6 nitrogen and oxygen atoms in total. The highest BCUT2D eigenvalue weighted by molar-refractivity contribution is 6.28. The molecule has 7 heteroatoms. The molecular formula is C10H12ClN5O. The van der Waals surface area contributed by atoms with Gasteiger partial charge in [0.15, 0.2) is 5.65 Å². The summed E-state index contributed by atoms with van der Waals surface area (Å²) >= 11 is 5.88. The molecule has 0 radical (unpaired) electrons. The van der Waals surface area contributed by atoms with E-state index >= 15 is 0 Å². The van der Waals surface area contributed by atoms with Gasteiger partial charge in [-0.3, -0.25) is 5.10 Å². The van der Waals surface area contributed by atoms with Crippen LogP contribution in [-0.2, 0) is 0 Å². The van der Waals surface area contributed by atoms with Crippen molar-refractivity contribution in [2.75, 3.05) is 18.0 Å². The first-order chi connectivity index (χ1) is 8.24. The maximum Gasteiger partial charge on any atom is 0.226 e. The van der Waals surface area contributed by atoms with Crippen molar-refractivity contribution in [2.45, 2.75) is 18.9 Å². The normalized spacial score (nSPS) is 21.1. The predicted octanol–water partition coefficient (Wildman–Crippen LogP) is 0.967. The van der Waals surface area contributed by atoms with Gasteiger partial charge < -0.3 is 10.0 Å². The van der Waals surface area contributed by atoms with Crippen LogP contribution in [0.3, 0.4) is 0 Å². The first kappa shape index (κ1) is 10.7. The van der Waals surface area contributed by atoms with Gasteiger partial charge in [-0.25, -0.2) is 0 Å². The van der Waals surface area contributed by atoms with Crippen LogP contribution in [0.1, 0.15) is 12.8 Å². The van der Waals surface area contributed by atoms with E-state index in [4.69, 9.17) is 11.6 Å². The average Bonchev–Trinajstić information content (AvgIpc) is 2.75. The van der Waals surface area contributed by atoms with Crippen LogP contribution in [0.25, 0.3) is 11.0 Å². The SMILES string of the molecule is OC1CCCN(c2nc(Cl)nc3[nH]ncc23)C1. The van der Waals surface area contributed by atoms with Crippen molar-refractivity contribution in [3.63, 3.8) is 0 Å². The number of hydrogen-bond acceptors (Lipinski definition) is 5. The van der Waals surface area contributed by atoms with E-state index in [1.807, 2.05) is 4.90 Å². The van der Waals surface area contributed by atoms with E-state index in [1.54, 1.807) is 6.20 Å². The lowest BCUT2D eigenvalue weighted by molar-refractivity contribution is 0.154. The van der Waals surface area contributed by atoms with Crippen molar-refractivity contribution < 1.29 is 5.11 Å². The van der Waals surface area contributed by atoms with Gasteiger partial charge in [0, 0.05) is 13.1 Å². The van der Waals surface area contributed by atoms with E-state index < -0.39 is 0 Å². The molecule has 0 aromatic carbocycles. The fourth-order valence-corrected chi connectivity index (χ4v) is 2.35. The van der Waals surface area contributed by atoms with Gasteiger partial charge in [-0.15, -0.1) is 0 Å². The summed E-state index contributed by atoms with van der Waals surface area (Å²) in [5.41, 5.74) is 0.625. The van der Waals surface area contributed by atoms with Gasteiger partial charge in [-0.1, -0.05) is 0 Å². The Morgan fingerprint density at radius 3 is 3.18 bits per heavy atom. The largest absolute Gasteiger partial charge is 0.391 e. The molecule has 1 atom stereocenters. The van der Waals surface area contributed by atoms with Crippen LogP contribution in [0.5, 0.6) is 0 Å². The molecule has 1 unspecified atom stereocenters. The second-order valence-corrected chi connectivity index (χ2v) is 4.53. The van der Waals surface area contributed by atoms with Crippen molar-refractivity contribution >= 4 is 28.5 Å². The van der Waals surface area contributed by atoms with Crippen LogP contribution < -0.4 is 4.90 Å². The molecule has 2 aromatic heterocycles. The first-order valence-corrected chi connectivity index (χ1v) is 5.91. The molecule has 0 saturated carbocycles. The lowest BCUT2D eigenvalue weighted by atomic mass is 10.1. The van der Waals surface area contributed by atoms with E-state index in [0.717, 1.165) is 30.6 Å². The standard InChI is InChI=1S/C10H12ClN5O/c11-10-13-8-7(4-12-15-8)9(14-10)16-3-1-2-6(17)5-16/h4,6,17H,1-3,5H2,(H,12,13,14,15). The molecule has 0 aliphatic carbocycles. The van der Waals surface area contributed by atoms with Crippen molar-refractivity contribution in [1.82, 2.24) is 20.2 Å². The second kappa shape index (κ2) is 4.12. The minimum absolute atomic E-state index is 0.191. The number of anilines is 1. The van der Waals surface area contributed by atoms with E-state index in [2.05, 4.69) is 20.2 Å². The third kappa shape index (κ3) is 1.94. The zero-order valence-electron chi connectivity index (χ0n) is 9.10. The molecule has 3 heterocycles. The Kier molecular flexibility index (Phi) is 2.60. The maximum atomic E-state index is 9.69. The number of aliphatic hydroxyl groups is 1. The van der Waals surface area contributed by atoms with Crippen LogP contribution in [0.15, 0.2) is 6.20 Å². The number of fused-ring (bicyclic) bond motifs is 1. The lowest BCUT2D eigenvalue weighted by Gasteiger charge is -2.31. The molecule has 2 aromatic rings. The Hall–Kier alpha value is -1.40. The van der Waals surface area contributed by atoms with Crippen molar-refractivity contribution in [3.8, 4) is 0 Å². The highest BCUT2D eigenvalue weighted by Gasteiger charge is 2.21. The number of rotatable bonds is 1. The van der Waals surface area contributed by atoms with Gasteiger partial charge in [0.25, 0.3) is 0 Å². The van der Waals surface area contributed by atoms with Gasteiger partial charge in [0.05, 0.1) is 17.7 Å². The van der Waals surface area contributed by atoms with E-state index in [0.29, 0.717) is 12.2 Å². The zero-order valence-corrected chi connectivity index (χ0v) is 9.85. The maximum absolute atomic E-state index is 9.69. The number of nitrogens with zero attached hydrogens (tertiary/aromatic N) is 4. The number of halogens is 1. The van der Waals surface area contributed by atoms with Gasteiger partial charge in [-0.05, 0) is 24.4 Å². The molecule has 1 fully saturated rings. The van der Waals surface area contributed by atoms with Crippen molar-refractivity contribution in [2.24, 2.45) is 0 Å². The minimum atomic E-state index is -0.306. The number of H-pyrrole nitrogens is 1. The van der Waals surface area contributed by atoms with Crippen LogP contribution in [0.2, 0.25) is 5.28 Å². The highest BCUT2D eigenvalue weighted by Crippen LogP contribution is 2.26. The number of nitrogens with one attached hydrogen (secondary N) is 1. The topological polar surface area (TPSA) is 77.9 Å². The fourth-order valence-electron chi connectivity index (χ4n) is 2.18. The van der Waals surface area contributed by atoms with Gasteiger partial charge in [-0.2, -0.15) is 15.1 Å². The molecule has 0 bridgehead atoms. The van der Waals surface area contributed by atoms with Gasteiger partial charge in [0.2, 0.25) is 5.28 Å². The molecule has 0 amide bonds. The molecule has 1 aliphatic rings. The summed E-state index contributed by atoms with van der Waals surface area (Å²) in [7, 11) is 0. The second-order valence-electron chi connectivity index (χ2n) is 4.19.